The molecule has 0 unspecified atom stereocenters. The molecule has 1 aromatic heterocycles. The summed E-state index contributed by atoms with van der Waals surface area (Å²) >= 11 is 0.708. The van der Waals surface area contributed by atoms with Gasteiger partial charge in [0.1, 0.15) is 0 Å². The monoisotopic (exact) mass is 212 g/mol. The summed E-state index contributed by atoms with van der Waals surface area (Å²) in [6.07, 6.45) is 0. The van der Waals surface area contributed by atoms with E-state index in [9.17, 15) is 0 Å². The molecule has 0 aromatic carbocycles. The predicted octanol–water partition coefficient (Wildman–Crippen LogP) is 0.363. The van der Waals surface area contributed by atoms with Gasteiger partial charge in [-0.3, -0.25) is 0 Å². The van der Waals surface area contributed by atoms with Gasteiger partial charge in [0.15, 0.2) is 0 Å². The van der Waals surface area contributed by atoms with Gasteiger partial charge < -0.3 is 0 Å². The molecule has 2 radical (unpaired) electrons. The Hall–Kier alpha value is 0.519. The van der Waals surface area contributed by atoms with Crippen LogP contribution in [0.3, 0.4) is 0 Å². The van der Waals surface area contributed by atoms with Crippen LogP contribution < -0.4 is 0 Å². The van der Waals surface area contributed by atoms with Crippen LogP contribution in [-0.4, -0.2) is 31.6 Å². The van der Waals surface area contributed by atoms with Gasteiger partial charge in [0, 0.05) is 17.1 Å². The summed E-state index contributed by atoms with van der Waals surface area (Å²) in [5, 5.41) is 0. The zero-order valence-corrected chi connectivity index (χ0v) is 6.55. The van der Waals surface area contributed by atoms with Crippen molar-refractivity contribution >= 4 is 31.6 Å². The van der Waals surface area contributed by atoms with Crippen LogP contribution >= 0.6 is 0 Å². The van der Waals surface area contributed by atoms with Crippen LogP contribution in [0.25, 0.3) is 0 Å². The third-order valence-corrected chi connectivity index (χ3v) is 1.74. The zero-order chi connectivity index (χ0) is 3.54. The molecule has 1 heterocycles. The van der Waals surface area contributed by atoms with E-state index in [-0.39, 0.29) is 17.1 Å². The molecule has 0 atom stereocenters. The maximum absolute atomic E-state index is 2.19. The molecule has 1 rings (SSSR count). The Balaban J connectivity index is 0.000000250. The molecule has 0 spiro atoms. The van der Waals surface area contributed by atoms with Crippen molar-refractivity contribution in [2.24, 2.45) is 0 Å². The van der Waals surface area contributed by atoms with E-state index in [0.29, 0.717) is 14.5 Å². The average Bonchev–Trinajstić information content (AvgIpc) is 1.76. The van der Waals surface area contributed by atoms with Gasteiger partial charge in [-0.25, -0.2) is 0 Å². The zero-order valence-electron chi connectivity index (χ0n) is 3.13. The summed E-state index contributed by atoms with van der Waals surface area (Å²) in [7, 11) is 0. The molecule has 6 heavy (non-hydrogen) atoms. The van der Waals surface area contributed by atoms with Crippen molar-refractivity contribution in [3.05, 3.63) is 22.0 Å². The van der Waals surface area contributed by atoms with Gasteiger partial charge in [0.2, 0.25) is 0 Å². The first-order valence-corrected chi connectivity index (χ1v) is 3.45. The summed E-state index contributed by atoms with van der Waals surface area (Å²) in [5.74, 6) is 0. The minimum absolute atomic E-state index is 0. The molecule has 0 aliphatic rings. The summed E-state index contributed by atoms with van der Waals surface area (Å²) in [6.45, 7) is 0. The maximum atomic E-state index is 2.19. The molecule has 32 valence electrons. The van der Waals surface area contributed by atoms with Crippen LogP contribution in [0.4, 0.5) is 0 Å². The van der Waals surface area contributed by atoms with E-state index < -0.39 is 0 Å². The van der Waals surface area contributed by atoms with Gasteiger partial charge in [-0.2, -0.15) is 0 Å². The van der Waals surface area contributed by atoms with E-state index in [1.807, 2.05) is 0 Å². The van der Waals surface area contributed by atoms with E-state index in [2.05, 4.69) is 22.0 Å². The minimum atomic E-state index is 0. The van der Waals surface area contributed by atoms with Crippen molar-refractivity contribution in [1.82, 2.24) is 0 Å². The summed E-state index contributed by atoms with van der Waals surface area (Å²) in [4.78, 5) is 4.38. The number of rotatable bonds is 0. The molecule has 0 bridgehead atoms. The number of hydrogen-bond acceptors (Lipinski definition) is 0. The van der Waals surface area contributed by atoms with Gasteiger partial charge in [-0.05, 0) is 0 Å². The molecule has 1 aromatic rings. The Labute approximate surface area is 53.8 Å². The van der Waals surface area contributed by atoms with Crippen molar-refractivity contribution < 1.29 is 0 Å². The topological polar surface area (TPSA) is 0 Å². The summed E-state index contributed by atoms with van der Waals surface area (Å²) < 4.78 is 0. The van der Waals surface area contributed by atoms with E-state index in [1.165, 1.54) is 0 Å². The SMILES string of the molecule is [Se].c1cc[se]c1. The van der Waals surface area contributed by atoms with Crippen LogP contribution in [0.1, 0.15) is 0 Å². The van der Waals surface area contributed by atoms with Gasteiger partial charge in [-0.1, -0.05) is 0 Å². The van der Waals surface area contributed by atoms with Crippen LogP contribution in [-0.2, 0) is 0 Å². The third kappa shape index (κ3) is 1.84. The van der Waals surface area contributed by atoms with E-state index in [4.69, 9.17) is 0 Å². The van der Waals surface area contributed by atoms with Gasteiger partial charge >= 0.3 is 36.5 Å². The fourth-order valence-corrected chi connectivity index (χ4v) is 1.18. The van der Waals surface area contributed by atoms with Crippen molar-refractivity contribution in [2.75, 3.05) is 0 Å². The molecule has 0 N–H and O–H groups in total. The Bertz CT molecular complexity index is 62.0. The average molecular weight is 210 g/mol. The molecule has 0 aliphatic heterocycles. The predicted molar refractivity (Wildman–Crippen MR) is 29.1 cm³/mol. The molecule has 0 saturated heterocycles. The Morgan fingerprint density at radius 3 is 1.67 bits per heavy atom. The second kappa shape index (κ2) is 3.70. The Morgan fingerprint density at radius 2 is 1.50 bits per heavy atom. The fraction of sp³-hybridized carbons (Fsp3) is 0. The first-order chi connectivity index (χ1) is 2.50. The molecule has 0 aliphatic carbocycles. The molecular weight excluding hydrogens is 206 g/mol. The van der Waals surface area contributed by atoms with Gasteiger partial charge in [0.05, 0.1) is 0 Å². The second-order valence-electron chi connectivity index (χ2n) is 0.793. The standard InChI is InChI=1S/C4H4Se.Se/c1-2-4-5-3-1;/h1-4H;. The molecule has 2 heteroatoms. The van der Waals surface area contributed by atoms with Crippen LogP contribution in [0.5, 0.6) is 0 Å². The van der Waals surface area contributed by atoms with Crippen LogP contribution in [0, 0.1) is 0 Å². The van der Waals surface area contributed by atoms with Crippen molar-refractivity contribution in [1.29, 1.82) is 0 Å². The summed E-state index contributed by atoms with van der Waals surface area (Å²) in [5.41, 5.74) is 0. The summed E-state index contributed by atoms with van der Waals surface area (Å²) in [6, 6.07) is 4.17. The molecular formula is C4H4Se2. The molecule has 0 saturated carbocycles. The van der Waals surface area contributed by atoms with Gasteiger partial charge in [0.25, 0.3) is 0 Å². The molecule has 0 amide bonds. The van der Waals surface area contributed by atoms with Crippen molar-refractivity contribution in [2.45, 2.75) is 0 Å². The normalized spacial score (nSPS) is 6.67. The van der Waals surface area contributed by atoms with E-state index in [0.717, 1.165) is 0 Å². The second-order valence-corrected chi connectivity index (χ2v) is 2.51. The first-order valence-electron chi connectivity index (χ1n) is 1.47. The van der Waals surface area contributed by atoms with Crippen molar-refractivity contribution in [3.8, 4) is 0 Å². The first kappa shape index (κ1) is 6.52. The fourth-order valence-electron chi connectivity index (χ4n) is 0.227. The Morgan fingerprint density at radius 1 is 1.00 bits per heavy atom. The third-order valence-electron chi connectivity index (χ3n) is 0.425. The van der Waals surface area contributed by atoms with Gasteiger partial charge in [-0.15, -0.1) is 0 Å². The van der Waals surface area contributed by atoms with Crippen molar-refractivity contribution in [3.63, 3.8) is 0 Å². The van der Waals surface area contributed by atoms with Crippen LogP contribution in [0.2, 0.25) is 0 Å². The molecule has 0 fully saturated rings. The Kier molecular flexibility index (Phi) is 4.02. The van der Waals surface area contributed by atoms with Crippen LogP contribution in [0.15, 0.2) is 22.0 Å². The number of hydrogen-bond donors (Lipinski definition) is 0. The quantitative estimate of drug-likeness (QED) is 0.542. The van der Waals surface area contributed by atoms with E-state index in [1.54, 1.807) is 0 Å². The van der Waals surface area contributed by atoms with E-state index >= 15 is 0 Å². The molecule has 0 nitrogen and oxygen atoms in total.